The van der Waals surface area contributed by atoms with Crippen LogP contribution in [-0.2, 0) is 10.0 Å². The van der Waals surface area contributed by atoms with Gasteiger partial charge in [0.25, 0.3) is 0 Å². The van der Waals surface area contributed by atoms with E-state index in [4.69, 9.17) is 5.14 Å². The van der Waals surface area contributed by atoms with Gasteiger partial charge < -0.3 is 15.5 Å². The maximum Gasteiger partial charge on any atom is 0.319 e. The Labute approximate surface area is 216 Å². The Morgan fingerprint density at radius 1 is 1.08 bits per heavy atom. The van der Waals surface area contributed by atoms with Crippen LogP contribution >= 0.6 is 0 Å². The second-order valence-electron chi connectivity index (χ2n) is 9.43. The summed E-state index contributed by atoms with van der Waals surface area (Å²) in [7, 11) is -1.66. The third-order valence-electron chi connectivity index (χ3n) is 6.93. The lowest BCUT2D eigenvalue weighted by atomic mass is 9.91. The van der Waals surface area contributed by atoms with Crippen molar-refractivity contribution in [1.29, 1.82) is 0 Å². The van der Waals surface area contributed by atoms with Gasteiger partial charge in [-0.1, -0.05) is 48.9 Å². The van der Waals surface area contributed by atoms with Crippen LogP contribution in [0.25, 0.3) is 22.2 Å². The van der Waals surface area contributed by atoms with E-state index in [1.807, 2.05) is 36.4 Å². The van der Waals surface area contributed by atoms with Crippen LogP contribution in [0.2, 0.25) is 0 Å². The number of fused-ring (bicyclic) bond motifs is 1. The molecule has 1 aliphatic rings. The van der Waals surface area contributed by atoms with Crippen LogP contribution in [0.4, 0.5) is 10.5 Å². The van der Waals surface area contributed by atoms with Crippen molar-refractivity contribution in [3.63, 3.8) is 0 Å². The van der Waals surface area contributed by atoms with Gasteiger partial charge in [-0.05, 0) is 62.3 Å². The van der Waals surface area contributed by atoms with Crippen molar-refractivity contribution in [2.24, 2.45) is 5.14 Å². The van der Waals surface area contributed by atoms with Crippen molar-refractivity contribution >= 4 is 32.6 Å². The van der Waals surface area contributed by atoms with E-state index in [2.05, 4.69) is 44.9 Å². The molecule has 10 heteroatoms. The van der Waals surface area contributed by atoms with E-state index in [1.165, 1.54) is 18.6 Å². The van der Waals surface area contributed by atoms with Gasteiger partial charge in [0, 0.05) is 22.7 Å². The summed E-state index contributed by atoms with van der Waals surface area (Å²) in [4.78, 5) is 15.5. The highest BCUT2D eigenvalue weighted by atomic mass is 32.2. The largest absolute Gasteiger partial charge is 0.329 e. The molecule has 5 N–H and O–H groups in total. The first kappa shape index (κ1) is 24.9. The van der Waals surface area contributed by atoms with Crippen LogP contribution in [0.15, 0.2) is 77.7 Å². The molecule has 2 unspecified atom stereocenters. The first-order chi connectivity index (χ1) is 17.8. The van der Waals surface area contributed by atoms with Crippen LogP contribution in [0.5, 0.6) is 0 Å². The number of urea groups is 1. The van der Waals surface area contributed by atoms with Crippen molar-refractivity contribution in [2.75, 3.05) is 18.9 Å². The van der Waals surface area contributed by atoms with E-state index in [1.54, 1.807) is 12.1 Å². The zero-order chi connectivity index (χ0) is 26.0. The summed E-state index contributed by atoms with van der Waals surface area (Å²) in [6.07, 6.45) is 3.32. The summed E-state index contributed by atoms with van der Waals surface area (Å²) in [5.41, 5.74) is 3.86. The maximum absolute atomic E-state index is 13.2. The number of hydrogen-bond donors (Lipinski definition) is 4. The van der Waals surface area contributed by atoms with Crippen molar-refractivity contribution in [3.8, 4) is 11.3 Å². The molecule has 3 aromatic carbocycles. The number of hydrogen-bond acceptors (Lipinski definition) is 5. The average molecular weight is 519 g/mol. The third-order valence-corrected chi connectivity index (χ3v) is 7.86. The van der Waals surface area contributed by atoms with Crippen molar-refractivity contribution < 1.29 is 13.2 Å². The lowest BCUT2D eigenvalue weighted by Crippen LogP contribution is -2.47. The minimum absolute atomic E-state index is 0.0340. The zero-order valence-electron chi connectivity index (χ0n) is 20.5. The van der Waals surface area contributed by atoms with E-state index in [0.29, 0.717) is 11.4 Å². The molecule has 1 aliphatic heterocycles. The van der Waals surface area contributed by atoms with Gasteiger partial charge >= 0.3 is 6.03 Å². The molecule has 0 aliphatic carbocycles. The quantitative estimate of drug-likeness (QED) is 0.303. The number of aromatic nitrogens is 2. The normalized spacial score (nSPS) is 17.4. The smallest absolute Gasteiger partial charge is 0.319 e. The van der Waals surface area contributed by atoms with Gasteiger partial charge in [0.2, 0.25) is 10.0 Å². The monoisotopic (exact) mass is 518 g/mol. The highest BCUT2D eigenvalue weighted by molar-refractivity contribution is 7.89. The fourth-order valence-electron chi connectivity index (χ4n) is 5.01. The predicted octanol–water partition coefficient (Wildman–Crippen LogP) is 4.22. The predicted molar refractivity (Wildman–Crippen MR) is 145 cm³/mol. The second-order valence-corrected chi connectivity index (χ2v) is 11.0. The number of benzene rings is 3. The molecule has 0 radical (unpaired) electrons. The van der Waals surface area contributed by atoms with E-state index >= 15 is 0 Å². The number of likely N-dealkylation sites (N-methyl/N-ethyl adjacent to an activating group) is 1. The molecule has 1 fully saturated rings. The Kier molecular flexibility index (Phi) is 6.96. The number of rotatable bonds is 6. The van der Waals surface area contributed by atoms with Crippen LogP contribution < -0.4 is 15.8 Å². The fourth-order valence-corrected chi connectivity index (χ4v) is 5.52. The summed E-state index contributed by atoms with van der Waals surface area (Å²) in [6, 6.07) is 21.6. The molecule has 192 valence electrons. The number of amides is 2. The molecular formula is C27H30N6O3S. The Hall–Kier alpha value is -3.73. The van der Waals surface area contributed by atoms with E-state index < -0.39 is 10.0 Å². The van der Waals surface area contributed by atoms with Crippen molar-refractivity contribution in [1.82, 2.24) is 20.4 Å². The molecule has 2 amide bonds. The van der Waals surface area contributed by atoms with Crippen LogP contribution in [0, 0.1) is 0 Å². The Morgan fingerprint density at radius 3 is 2.54 bits per heavy atom. The van der Waals surface area contributed by atoms with Gasteiger partial charge in [-0.15, -0.1) is 0 Å². The molecule has 0 saturated carbocycles. The average Bonchev–Trinajstić information content (AvgIpc) is 3.31. The third kappa shape index (κ3) is 5.51. The molecule has 5 rings (SSSR count). The SMILES string of the molecule is CN1CCCCC1C(NC(=O)Nc1ccc2[nH]nc(-c3ccc(S(N)(=O)=O)cc3)c2c1)c1ccccc1. The zero-order valence-corrected chi connectivity index (χ0v) is 21.3. The topological polar surface area (TPSA) is 133 Å². The van der Waals surface area contributed by atoms with Gasteiger partial charge in [-0.3, -0.25) is 5.10 Å². The number of piperidine rings is 1. The number of carbonyl (C=O) groups excluding carboxylic acids is 1. The summed E-state index contributed by atoms with van der Waals surface area (Å²) in [5, 5.41) is 19.6. The second kappa shape index (κ2) is 10.3. The molecule has 1 saturated heterocycles. The fraction of sp³-hybridized carbons (Fsp3) is 0.259. The lowest BCUT2D eigenvalue weighted by Gasteiger charge is -2.38. The van der Waals surface area contributed by atoms with Gasteiger partial charge in [0.1, 0.15) is 0 Å². The number of carbonyl (C=O) groups is 1. The van der Waals surface area contributed by atoms with Gasteiger partial charge in [-0.25, -0.2) is 18.4 Å². The summed E-state index contributed by atoms with van der Waals surface area (Å²) in [6.45, 7) is 1.01. The molecule has 4 aromatic rings. The standard InChI is InChI=1S/C27H30N6O3S/c1-33-16-6-5-9-24(33)26(18-7-3-2-4-8-18)30-27(34)29-20-12-15-23-22(17-20)25(32-31-23)19-10-13-21(14-11-19)37(28,35)36/h2-4,7-8,10-15,17,24,26H,5-6,9,16H2,1H3,(H,31,32)(H2,28,35,36)(H2,29,30,34). The molecule has 2 heterocycles. The molecule has 1 aromatic heterocycles. The summed E-state index contributed by atoms with van der Waals surface area (Å²) in [5.74, 6) is 0. The van der Waals surface area contributed by atoms with E-state index in [9.17, 15) is 13.2 Å². The first-order valence-electron chi connectivity index (χ1n) is 12.2. The van der Waals surface area contributed by atoms with Crippen molar-refractivity contribution in [2.45, 2.75) is 36.2 Å². The molecule has 2 atom stereocenters. The summed E-state index contributed by atoms with van der Waals surface area (Å²) < 4.78 is 23.2. The highest BCUT2D eigenvalue weighted by Gasteiger charge is 2.30. The minimum atomic E-state index is -3.78. The van der Waals surface area contributed by atoms with Gasteiger partial charge in [0.05, 0.1) is 22.1 Å². The molecule has 0 bridgehead atoms. The number of sulfonamides is 1. The Balaban J connectivity index is 1.37. The van der Waals surface area contributed by atoms with E-state index in [0.717, 1.165) is 41.4 Å². The number of H-pyrrole nitrogens is 1. The number of nitrogens with two attached hydrogens (primary N) is 1. The number of nitrogens with one attached hydrogen (secondary N) is 3. The van der Waals surface area contributed by atoms with Gasteiger partial charge in [0.15, 0.2) is 0 Å². The Morgan fingerprint density at radius 2 is 1.84 bits per heavy atom. The molecule has 0 spiro atoms. The van der Waals surface area contributed by atoms with Crippen molar-refractivity contribution in [3.05, 3.63) is 78.4 Å². The highest BCUT2D eigenvalue weighted by Crippen LogP contribution is 2.30. The molecule has 9 nitrogen and oxygen atoms in total. The lowest BCUT2D eigenvalue weighted by molar-refractivity contribution is 0.147. The first-order valence-corrected chi connectivity index (χ1v) is 13.8. The number of anilines is 1. The number of nitrogens with zero attached hydrogens (tertiary/aromatic N) is 2. The summed E-state index contributed by atoms with van der Waals surface area (Å²) >= 11 is 0. The molecular weight excluding hydrogens is 488 g/mol. The van der Waals surface area contributed by atoms with Crippen LogP contribution in [0.3, 0.4) is 0 Å². The number of aromatic amines is 1. The maximum atomic E-state index is 13.2. The minimum Gasteiger partial charge on any atom is -0.329 e. The number of likely N-dealkylation sites (tertiary alicyclic amines) is 1. The van der Waals surface area contributed by atoms with E-state index in [-0.39, 0.29) is 23.0 Å². The van der Waals surface area contributed by atoms with Crippen LogP contribution in [-0.4, -0.2) is 49.2 Å². The molecule has 37 heavy (non-hydrogen) atoms. The van der Waals surface area contributed by atoms with Crippen LogP contribution in [0.1, 0.15) is 30.9 Å². The number of primary sulfonamides is 1. The Bertz CT molecular complexity index is 1500. The van der Waals surface area contributed by atoms with Gasteiger partial charge in [-0.2, -0.15) is 5.10 Å².